The number of sulfonamides is 1. The van der Waals surface area contributed by atoms with E-state index in [1.54, 1.807) is 12.1 Å². The van der Waals surface area contributed by atoms with E-state index >= 15 is 0 Å². The Morgan fingerprint density at radius 3 is 2.67 bits per heavy atom. The number of aryl methyl sites for hydroxylation is 2. The molecule has 0 radical (unpaired) electrons. The smallest absolute Gasteiger partial charge is 0.236 e. The third kappa shape index (κ3) is 3.86. The standard InChI is InChI=1S/C21H24N2O3S/c1-14-3-4-15(2)18(11-14)13-27(25,26)22-19-8-7-16-9-10-23(20(16)12-19)21(24)17-5-6-17/h3-4,7-8,11-12,17,22H,5-6,9-10,13H2,1-2H3. The van der Waals surface area contributed by atoms with Crippen molar-refractivity contribution >= 4 is 27.3 Å². The number of fused-ring (bicyclic) bond motifs is 1. The average molecular weight is 385 g/mol. The molecule has 1 aliphatic heterocycles. The zero-order valence-corrected chi connectivity index (χ0v) is 16.5. The molecule has 6 heteroatoms. The Kier molecular flexibility index (Phi) is 4.46. The first-order chi connectivity index (χ1) is 12.8. The Morgan fingerprint density at radius 2 is 1.93 bits per heavy atom. The highest BCUT2D eigenvalue weighted by molar-refractivity contribution is 7.91. The first-order valence-electron chi connectivity index (χ1n) is 9.33. The molecule has 5 nitrogen and oxygen atoms in total. The topological polar surface area (TPSA) is 66.5 Å². The van der Waals surface area contributed by atoms with Crippen LogP contribution in [0.5, 0.6) is 0 Å². The van der Waals surface area contributed by atoms with Gasteiger partial charge >= 0.3 is 0 Å². The van der Waals surface area contributed by atoms with E-state index in [0.717, 1.165) is 47.2 Å². The molecule has 2 aromatic rings. The van der Waals surface area contributed by atoms with E-state index in [2.05, 4.69) is 4.72 Å². The zero-order chi connectivity index (χ0) is 19.2. The highest BCUT2D eigenvalue weighted by Gasteiger charge is 2.36. The summed E-state index contributed by atoms with van der Waals surface area (Å²) in [5, 5.41) is 0. The van der Waals surface area contributed by atoms with Crippen LogP contribution in [0.1, 0.15) is 35.1 Å². The lowest BCUT2D eigenvalue weighted by Crippen LogP contribution is -2.30. The van der Waals surface area contributed by atoms with E-state index in [9.17, 15) is 13.2 Å². The molecule has 1 fully saturated rings. The predicted octanol–water partition coefficient (Wildman–Crippen LogP) is 3.54. The number of hydrogen-bond acceptors (Lipinski definition) is 3. The van der Waals surface area contributed by atoms with Crippen LogP contribution in [-0.4, -0.2) is 20.9 Å². The summed E-state index contributed by atoms with van der Waals surface area (Å²) in [5.74, 6) is 0.257. The van der Waals surface area contributed by atoms with Gasteiger partial charge in [-0.15, -0.1) is 0 Å². The fourth-order valence-corrected chi connectivity index (χ4v) is 4.88. The highest BCUT2D eigenvalue weighted by atomic mass is 32.2. The highest BCUT2D eigenvalue weighted by Crippen LogP contribution is 2.37. The second-order valence-electron chi connectivity index (χ2n) is 7.65. The summed E-state index contributed by atoms with van der Waals surface area (Å²) in [6.07, 6.45) is 2.75. The molecule has 1 heterocycles. The molecule has 0 spiro atoms. The molecule has 0 atom stereocenters. The van der Waals surface area contributed by atoms with E-state index in [1.165, 1.54) is 0 Å². The van der Waals surface area contributed by atoms with Crippen LogP contribution in [0.25, 0.3) is 0 Å². The lowest BCUT2D eigenvalue weighted by Gasteiger charge is -2.18. The number of carbonyl (C=O) groups is 1. The number of nitrogens with zero attached hydrogens (tertiary/aromatic N) is 1. The maximum absolute atomic E-state index is 12.7. The van der Waals surface area contributed by atoms with Crippen LogP contribution in [0.4, 0.5) is 11.4 Å². The van der Waals surface area contributed by atoms with Gasteiger partial charge < -0.3 is 4.90 Å². The number of nitrogens with one attached hydrogen (secondary N) is 1. The maximum atomic E-state index is 12.7. The van der Waals surface area contributed by atoms with Crippen LogP contribution in [-0.2, 0) is 27.0 Å². The first kappa shape index (κ1) is 18.0. The Morgan fingerprint density at radius 1 is 1.15 bits per heavy atom. The van der Waals surface area contributed by atoms with E-state index in [1.807, 2.05) is 43.0 Å². The number of rotatable bonds is 5. The molecule has 1 N–H and O–H groups in total. The van der Waals surface area contributed by atoms with Gasteiger partial charge in [0.25, 0.3) is 0 Å². The van der Waals surface area contributed by atoms with Crippen molar-refractivity contribution in [3.05, 3.63) is 58.7 Å². The Bertz CT molecular complexity index is 1010. The molecule has 142 valence electrons. The number of anilines is 2. The fraction of sp³-hybridized carbons (Fsp3) is 0.381. The van der Waals surface area contributed by atoms with Crippen molar-refractivity contribution in [2.45, 2.75) is 38.9 Å². The van der Waals surface area contributed by atoms with Crippen LogP contribution in [0.3, 0.4) is 0 Å². The maximum Gasteiger partial charge on any atom is 0.236 e. The van der Waals surface area contributed by atoms with E-state index in [0.29, 0.717) is 12.2 Å². The molecule has 4 rings (SSSR count). The van der Waals surface area contributed by atoms with Gasteiger partial charge in [-0.3, -0.25) is 9.52 Å². The lowest BCUT2D eigenvalue weighted by atomic mass is 10.1. The zero-order valence-electron chi connectivity index (χ0n) is 15.7. The van der Waals surface area contributed by atoms with E-state index in [4.69, 9.17) is 0 Å². The first-order valence-corrected chi connectivity index (χ1v) is 11.0. The summed E-state index contributed by atoms with van der Waals surface area (Å²) < 4.78 is 28.0. The minimum Gasteiger partial charge on any atom is -0.312 e. The number of hydrogen-bond donors (Lipinski definition) is 1. The second-order valence-corrected chi connectivity index (χ2v) is 9.37. The summed E-state index contributed by atoms with van der Waals surface area (Å²) >= 11 is 0. The van der Waals surface area contributed by atoms with Crippen molar-refractivity contribution in [2.24, 2.45) is 5.92 Å². The van der Waals surface area contributed by atoms with Crippen molar-refractivity contribution in [1.29, 1.82) is 0 Å². The summed E-state index contributed by atoms with van der Waals surface area (Å²) in [7, 11) is -3.54. The minimum absolute atomic E-state index is 0.0671. The molecule has 1 amide bonds. The molecule has 27 heavy (non-hydrogen) atoms. The molecule has 2 aliphatic rings. The quantitative estimate of drug-likeness (QED) is 0.857. The predicted molar refractivity (Wildman–Crippen MR) is 107 cm³/mol. The Labute approximate surface area is 160 Å². The van der Waals surface area contributed by atoms with Gasteiger partial charge in [-0.05, 0) is 61.9 Å². The lowest BCUT2D eigenvalue weighted by molar-refractivity contribution is -0.119. The van der Waals surface area contributed by atoms with Crippen molar-refractivity contribution in [3.8, 4) is 0 Å². The van der Waals surface area contributed by atoms with Gasteiger partial charge in [-0.2, -0.15) is 0 Å². The van der Waals surface area contributed by atoms with E-state index < -0.39 is 10.0 Å². The Balaban J connectivity index is 1.55. The third-order valence-corrected chi connectivity index (χ3v) is 6.53. The SMILES string of the molecule is Cc1ccc(C)c(CS(=O)(=O)Nc2ccc3c(c2)N(C(=O)C2CC2)CC3)c1. The molecule has 0 unspecified atom stereocenters. The van der Waals surface area contributed by atoms with Gasteiger partial charge in [0, 0.05) is 18.2 Å². The van der Waals surface area contributed by atoms with Crippen LogP contribution in [0, 0.1) is 19.8 Å². The van der Waals surface area contributed by atoms with Gasteiger partial charge in [0.1, 0.15) is 0 Å². The number of benzene rings is 2. The van der Waals surface area contributed by atoms with Gasteiger partial charge in [-0.25, -0.2) is 8.42 Å². The second kappa shape index (κ2) is 6.68. The van der Waals surface area contributed by atoms with Crippen molar-refractivity contribution in [1.82, 2.24) is 0 Å². The van der Waals surface area contributed by atoms with E-state index in [-0.39, 0.29) is 17.6 Å². The number of carbonyl (C=O) groups excluding carboxylic acids is 1. The molecule has 0 bridgehead atoms. The normalized spacial score (nSPS) is 16.3. The summed E-state index contributed by atoms with van der Waals surface area (Å²) in [6, 6.07) is 11.3. The van der Waals surface area contributed by atoms with Gasteiger partial charge in [0.05, 0.1) is 11.4 Å². The molecular formula is C21H24N2O3S. The van der Waals surface area contributed by atoms with Crippen LogP contribution >= 0.6 is 0 Å². The number of amides is 1. The third-order valence-electron chi connectivity index (χ3n) is 5.30. The Hall–Kier alpha value is -2.34. The minimum atomic E-state index is -3.54. The van der Waals surface area contributed by atoms with Crippen molar-refractivity contribution in [3.63, 3.8) is 0 Å². The summed E-state index contributed by atoms with van der Waals surface area (Å²) in [4.78, 5) is 14.3. The monoisotopic (exact) mass is 384 g/mol. The summed E-state index contributed by atoms with van der Waals surface area (Å²) in [5.41, 5.74) is 5.25. The average Bonchev–Trinajstić information content (AvgIpc) is 3.37. The fourth-order valence-electron chi connectivity index (χ4n) is 3.60. The van der Waals surface area contributed by atoms with Crippen LogP contribution in [0.15, 0.2) is 36.4 Å². The van der Waals surface area contributed by atoms with Gasteiger partial charge in [0.2, 0.25) is 15.9 Å². The van der Waals surface area contributed by atoms with Gasteiger partial charge in [0.15, 0.2) is 0 Å². The van der Waals surface area contributed by atoms with Crippen molar-refractivity contribution in [2.75, 3.05) is 16.2 Å². The summed E-state index contributed by atoms with van der Waals surface area (Å²) in [6.45, 7) is 4.55. The molecule has 0 aromatic heterocycles. The molecule has 2 aromatic carbocycles. The largest absolute Gasteiger partial charge is 0.312 e. The van der Waals surface area contributed by atoms with Crippen LogP contribution < -0.4 is 9.62 Å². The van der Waals surface area contributed by atoms with Gasteiger partial charge in [-0.1, -0.05) is 29.8 Å². The molecule has 1 saturated carbocycles. The molecular weight excluding hydrogens is 360 g/mol. The molecule has 1 aliphatic carbocycles. The van der Waals surface area contributed by atoms with Crippen molar-refractivity contribution < 1.29 is 13.2 Å². The molecule has 0 saturated heterocycles. The van der Waals surface area contributed by atoms with Crippen LogP contribution in [0.2, 0.25) is 0 Å².